The summed E-state index contributed by atoms with van der Waals surface area (Å²) >= 11 is 0. The van der Waals surface area contributed by atoms with Gasteiger partial charge in [0, 0.05) is 47.7 Å². The average molecular weight is 623 g/mol. The number of hydrogen-bond donors (Lipinski definition) is 3. The first kappa shape index (κ1) is 32.3. The van der Waals surface area contributed by atoms with Crippen molar-refractivity contribution in [3.05, 3.63) is 75.6 Å². The van der Waals surface area contributed by atoms with Crippen LogP contribution in [-0.4, -0.2) is 74.7 Å². The predicted octanol–water partition coefficient (Wildman–Crippen LogP) is -0.510. The van der Waals surface area contributed by atoms with Crippen LogP contribution >= 0.6 is 0 Å². The number of nitrogens with one attached hydrogen (secondary N) is 2. The molecule has 18 nitrogen and oxygen atoms in total. The zero-order valence-corrected chi connectivity index (χ0v) is 23.7. The van der Waals surface area contributed by atoms with Crippen molar-refractivity contribution in [2.75, 3.05) is 13.2 Å². The number of esters is 2. The van der Waals surface area contributed by atoms with E-state index in [1.165, 1.54) is 26.2 Å². The largest absolute Gasteiger partial charge is 0.463 e. The molecule has 0 unspecified atom stereocenters. The zero-order chi connectivity index (χ0) is 32.1. The maximum atomic E-state index is 14.5. The molecular weight excluding hydrogens is 591 g/mol. The highest BCUT2D eigenvalue weighted by Crippen LogP contribution is 2.31. The van der Waals surface area contributed by atoms with Crippen LogP contribution in [0, 0.1) is 13.8 Å². The number of ether oxygens (including phenoxy) is 4. The van der Waals surface area contributed by atoms with Gasteiger partial charge in [-0.15, -0.1) is 0 Å². The van der Waals surface area contributed by atoms with E-state index in [0.717, 1.165) is 9.13 Å². The fraction of sp³-hybridized carbons (Fsp3) is 0.600. The van der Waals surface area contributed by atoms with Gasteiger partial charge in [0.25, 0.3) is 11.1 Å². The second-order valence-corrected chi connectivity index (χ2v) is 10.4. The van der Waals surface area contributed by atoms with Crippen molar-refractivity contribution in [1.82, 2.24) is 19.1 Å². The second-order valence-electron chi connectivity index (χ2n) is 10.4. The number of H-pyrrole nitrogens is 2. The van der Waals surface area contributed by atoms with Gasteiger partial charge in [-0.3, -0.25) is 38.3 Å². The van der Waals surface area contributed by atoms with Gasteiger partial charge < -0.3 is 24.7 Å². The van der Waals surface area contributed by atoms with Gasteiger partial charge in [0.05, 0.1) is 6.04 Å². The summed E-state index contributed by atoms with van der Waals surface area (Å²) in [6, 6.07) is -2.04. The summed E-state index contributed by atoms with van der Waals surface area (Å²) in [6.45, 7) is 2.16. The molecule has 2 aromatic rings. The molecule has 2 fully saturated rings. The summed E-state index contributed by atoms with van der Waals surface area (Å²) in [5, 5.41) is 3.64. The Morgan fingerprint density at radius 2 is 1.57 bits per heavy atom. The molecule has 2 saturated heterocycles. The third-order valence-corrected chi connectivity index (χ3v) is 7.24. The maximum absolute atomic E-state index is 14.5. The van der Waals surface area contributed by atoms with Gasteiger partial charge >= 0.3 is 23.3 Å². The van der Waals surface area contributed by atoms with E-state index in [4.69, 9.17) is 30.2 Å². The molecule has 2 aliphatic heterocycles. The molecule has 0 amide bonds. The number of alkyl halides is 1. The summed E-state index contributed by atoms with van der Waals surface area (Å²) in [4.78, 5) is 79.2. The second kappa shape index (κ2) is 13.8. The fourth-order valence-corrected chi connectivity index (χ4v) is 4.74. The number of nitrogens with two attached hydrogens (primary N) is 1. The van der Waals surface area contributed by atoms with E-state index in [2.05, 4.69) is 20.0 Å². The lowest BCUT2D eigenvalue weighted by molar-refractivity contribution is -0.152. The molecule has 0 aliphatic carbocycles. The van der Waals surface area contributed by atoms with Crippen molar-refractivity contribution >= 4 is 11.9 Å². The molecule has 0 saturated carbocycles. The maximum Gasteiger partial charge on any atom is 0.330 e. The van der Waals surface area contributed by atoms with Crippen molar-refractivity contribution in [2.45, 2.75) is 82.4 Å². The van der Waals surface area contributed by atoms with Crippen LogP contribution in [-0.2, 0) is 28.5 Å². The van der Waals surface area contributed by atoms with Crippen LogP contribution in [0.5, 0.6) is 0 Å². The van der Waals surface area contributed by atoms with Gasteiger partial charge in [0.15, 0.2) is 0 Å². The summed E-state index contributed by atoms with van der Waals surface area (Å²) in [5.74, 6) is -1.66. The van der Waals surface area contributed by atoms with Gasteiger partial charge in [-0.05, 0) is 25.8 Å². The summed E-state index contributed by atoms with van der Waals surface area (Å²) in [7, 11) is 0. The van der Waals surface area contributed by atoms with Gasteiger partial charge in [-0.1, -0.05) is 5.11 Å². The van der Waals surface area contributed by atoms with Crippen molar-refractivity contribution in [1.29, 1.82) is 0 Å². The number of aromatic amines is 2. The predicted molar refractivity (Wildman–Crippen MR) is 146 cm³/mol. The molecule has 0 aromatic carbocycles. The molecule has 4 rings (SSSR count). The lowest BCUT2D eigenvalue weighted by atomic mass is 10.1. The third kappa shape index (κ3) is 7.49. The van der Waals surface area contributed by atoms with Gasteiger partial charge in [0.1, 0.15) is 50.1 Å². The van der Waals surface area contributed by atoms with E-state index in [0.29, 0.717) is 0 Å². The minimum Gasteiger partial charge on any atom is -0.463 e. The monoisotopic (exact) mass is 622 g/mol. The summed E-state index contributed by atoms with van der Waals surface area (Å²) in [6.07, 6.45) is -3.56. The topological polar surface area (TPSA) is 256 Å². The van der Waals surface area contributed by atoms with Crippen LogP contribution < -0.4 is 28.2 Å². The number of carbonyl (C=O) groups is 2. The highest BCUT2D eigenvalue weighted by Gasteiger charge is 2.39. The van der Waals surface area contributed by atoms with Gasteiger partial charge in [-0.25, -0.2) is 14.0 Å². The Hall–Kier alpha value is -4.58. The minimum absolute atomic E-state index is 0.0714. The Morgan fingerprint density at radius 1 is 1.02 bits per heavy atom. The third-order valence-electron chi connectivity index (χ3n) is 7.24. The standard InChI is InChI=1S/C25H31FN8O10/c1-11-7-33(24(39)29-21(11)36)18-5-13(26)16(43-18)9-41-20(35)4-3-14(27)23(38)42-10-17-15(31-32-28)6-19(44-17)34-8-12(2)22(37)30-25(34)40/h7-8,13-19H,3-6,9-10,27H2,1-2H3,(H,29,36,39)(H,30,37,40)/t13-,14-,15-,16+,17+,18+,19+/m0/s1. The average Bonchev–Trinajstić information content (AvgIpc) is 3.55. The van der Waals surface area contributed by atoms with Crippen molar-refractivity contribution in [3.63, 3.8) is 0 Å². The van der Waals surface area contributed by atoms with E-state index in [9.17, 15) is 33.2 Å². The summed E-state index contributed by atoms with van der Waals surface area (Å²) < 4.78 is 38.3. The molecule has 4 N–H and O–H groups in total. The Labute approximate surface area is 246 Å². The lowest BCUT2D eigenvalue weighted by Gasteiger charge is -2.18. The number of aryl methyl sites for hydroxylation is 2. The first-order chi connectivity index (χ1) is 20.9. The molecule has 19 heteroatoms. The number of hydrogen-bond acceptors (Lipinski definition) is 12. The Bertz CT molecular complexity index is 1680. The zero-order valence-electron chi connectivity index (χ0n) is 23.7. The number of halogens is 1. The van der Waals surface area contributed by atoms with Gasteiger partial charge in [0.2, 0.25) is 0 Å². The van der Waals surface area contributed by atoms with Crippen LogP contribution in [0.15, 0.2) is 36.7 Å². The molecule has 2 aromatic heterocycles. The van der Waals surface area contributed by atoms with Crippen LogP contribution in [0.3, 0.4) is 0 Å². The van der Waals surface area contributed by atoms with E-state index in [1.807, 2.05) is 0 Å². The first-order valence-corrected chi connectivity index (χ1v) is 13.6. The van der Waals surface area contributed by atoms with E-state index >= 15 is 0 Å². The SMILES string of the molecule is Cc1cn([C@H]2C[C@H](N=[N+]=[N-])[C@@H](COC(=O)[C@@H](N)CCC(=O)OC[C@H]3O[C@@H](n4cc(C)c(=O)[nH]c4=O)C[C@@H]3F)O2)c(=O)[nH]c1=O. The number of rotatable bonds is 11. The molecular formula is C25H31FN8O10. The van der Waals surface area contributed by atoms with Crippen molar-refractivity contribution in [2.24, 2.45) is 10.8 Å². The molecule has 0 radical (unpaired) electrons. The van der Waals surface area contributed by atoms with Gasteiger partial charge in [-0.2, -0.15) is 0 Å². The number of azide groups is 1. The van der Waals surface area contributed by atoms with E-state index < -0.39 is 84.0 Å². The van der Waals surface area contributed by atoms with Crippen LogP contribution in [0.1, 0.15) is 49.3 Å². The molecule has 0 bridgehead atoms. The summed E-state index contributed by atoms with van der Waals surface area (Å²) in [5.41, 5.74) is 12.6. The Kier molecular flexibility index (Phi) is 10.1. The van der Waals surface area contributed by atoms with Crippen molar-refractivity contribution < 1.29 is 32.9 Å². The molecule has 7 atom stereocenters. The molecule has 44 heavy (non-hydrogen) atoms. The fourth-order valence-electron chi connectivity index (χ4n) is 4.74. The molecule has 2 aliphatic rings. The molecule has 0 spiro atoms. The van der Waals surface area contributed by atoms with Crippen molar-refractivity contribution in [3.8, 4) is 0 Å². The van der Waals surface area contributed by atoms with Crippen LogP contribution in [0.2, 0.25) is 0 Å². The number of carbonyl (C=O) groups excluding carboxylic acids is 2. The smallest absolute Gasteiger partial charge is 0.330 e. The normalized spacial score (nSPS) is 25.3. The first-order valence-electron chi connectivity index (χ1n) is 13.6. The highest BCUT2D eigenvalue weighted by atomic mass is 19.1. The number of nitrogens with zero attached hydrogens (tertiary/aromatic N) is 5. The lowest BCUT2D eigenvalue weighted by Crippen LogP contribution is -2.36. The molecule has 4 heterocycles. The number of aromatic nitrogens is 4. The van der Waals surface area contributed by atoms with E-state index in [1.54, 1.807) is 0 Å². The Morgan fingerprint density at radius 3 is 2.16 bits per heavy atom. The van der Waals surface area contributed by atoms with E-state index in [-0.39, 0.29) is 43.4 Å². The van der Waals surface area contributed by atoms with Crippen LogP contribution in [0.4, 0.5) is 4.39 Å². The highest BCUT2D eigenvalue weighted by molar-refractivity contribution is 5.77. The quantitative estimate of drug-likeness (QED) is 0.124. The Balaban J connectivity index is 1.22. The minimum atomic E-state index is -1.55. The van der Waals surface area contributed by atoms with Crippen LogP contribution in [0.25, 0.3) is 10.4 Å². The molecule has 238 valence electrons.